The largest absolute Gasteiger partial charge is 0.435 e. The van der Waals surface area contributed by atoms with Gasteiger partial charge in [0.15, 0.2) is 11.4 Å². The average molecular weight is 408 g/mol. The standard InChI is InChI=1S/C16H17F4N5O.ClH/c17-10-5-1-2-7-12(10)25-14(16(18,19)20)13(23-24-25)15(26)22-11-6-3-4-9(11)8-21;/h1-2,5,7,9,11H,3-4,6,8,21H2,(H,22,26);1H. The van der Waals surface area contributed by atoms with Crippen LogP contribution >= 0.6 is 12.4 Å². The molecule has 0 bridgehead atoms. The molecule has 1 aromatic heterocycles. The monoisotopic (exact) mass is 407 g/mol. The normalized spacial score (nSPS) is 19.6. The van der Waals surface area contributed by atoms with E-state index in [4.69, 9.17) is 5.73 Å². The zero-order valence-corrected chi connectivity index (χ0v) is 14.9. The molecular weight excluding hydrogens is 390 g/mol. The first-order valence-corrected chi connectivity index (χ1v) is 8.11. The summed E-state index contributed by atoms with van der Waals surface area (Å²) in [5.74, 6) is -1.89. The molecule has 3 N–H and O–H groups in total. The van der Waals surface area contributed by atoms with Crippen LogP contribution in [0.3, 0.4) is 0 Å². The van der Waals surface area contributed by atoms with Gasteiger partial charge in [-0.25, -0.2) is 9.07 Å². The van der Waals surface area contributed by atoms with Gasteiger partial charge in [0.2, 0.25) is 0 Å². The second-order valence-electron chi connectivity index (χ2n) is 6.15. The highest BCUT2D eigenvalue weighted by atomic mass is 35.5. The lowest BCUT2D eigenvalue weighted by atomic mass is 10.0. The summed E-state index contributed by atoms with van der Waals surface area (Å²) in [7, 11) is 0. The van der Waals surface area contributed by atoms with Crippen molar-refractivity contribution in [2.45, 2.75) is 31.5 Å². The Kier molecular flexibility index (Phi) is 6.42. The molecule has 2 aromatic rings. The third-order valence-electron chi connectivity index (χ3n) is 4.51. The molecule has 3 rings (SSSR count). The van der Waals surface area contributed by atoms with E-state index in [1.807, 2.05) is 0 Å². The van der Waals surface area contributed by atoms with E-state index in [9.17, 15) is 22.4 Å². The van der Waals surface area contributed by atoms with Gasteiger partial charge < -0.3 is 11.1 Å². The number of nitrogens with two attached hydrogens (primary N) is 1. The number of rotatable bonds is 4. The Hall–Kier alpha value is -2.20. The van der Waals surface area contributed by atoms with E-state index in [1.165, 1.54) is 12.1 Å². The van der Waals surface area contributed by atoms with E-state index in [2.05, 4.69) is 15.6 Å². The molecule has 1 fully saturated rings. The molecule has 6 nitrogen and oxygen atoms in total. The van der Waals surface area contributed by atoms with Gasteiger partial charge in [0.1, 0.15) is 11.5 Å². The molecule has 0 spiro atoms. The highest BCUT2D eigenvalue weighted by molar-refractivity contribution is 5.93. The van der Waals surface area contributed by atoms with Crippen molar-refractivity contribution in [1.29, 1.82) is 0 Å². The third-order valence-corrected chi connectivity index (χ3v) is 4.51. The number of para-hydroxylation sites is 1. The maximum Gasteiger partial charge on any atom is 0.435 e. The van der Waals surface area contributed by atoms with Crippen LogP contribution in [0.15, 0.2) is 24.3 Å². The smallest absolute Gasteiger partial charge is 0.348 e. The van der Waals surface area contributed by atoms with Crippen molar-refractivity contribution >= 4 is 18.3 Å². The first-order valence-electron chi connectivity index (χ1n) is 8.11. The zero-order valence-electron chi connectivity index (χ0n) is 14.0. The van der Waals surface area contributed by atoms with Crippen molar-refractivity contribution in [2.75, 3.05) is 6.54 Å². The summed E-state index contributed by atoms with van der Waals surface area (Å²) in [6.07, 6.45) is -2.67. The number of benzene rings is 1. The Labute approximate surface area is 158 Å². The molecular formula is C16H18ClF4N5O. The van der Waals surface area contributed by atoms with E-state index in [0.29, 0.717) is 17.6 Å². The number of alkyl halides is 3. The first-order chi connectivity index (χ1) is 12.3. The molecule has 0 aliphatic heterocycles. The molecule has 1 saturated carbocycles. The Bertz CT molecular complexity index is 810. The summed E-state index contributed by atoms with van der Waals surface area (Å²) in [5, 5.41) is 9.31. The molecule has 1 aliphatic rings. The topological polar surface area (TPSA) is 85.8 Å². The Balaban J connectivity index is 0.00000261. The lowest BCUT2D eigenvalue weighted by molar-refractivity contribution is -0.143. The number of aromatic nitrogens is 3. The van der Waals surface area contributed by atoms with Crippen LogP contribution in [0.2, 0.25) is 0 Å². The van der Waals surface area contributed by atoms with Gasteiger partial charge in [-0.05, 0) is 37.4 Å². The van der Waals surface area contributed by atoms with Gasteiger partial charge in [0.05, 0.1) is 0 Å². The van der Waals surface area contributed by atoms with Crippen LogP contribution in [0.5, 0.6) is 0 Å². The molecule has 148 valence electrons. The highest BCUT2D eigenvalue weighted by Crippen LogP contribution is 2.33. The van der Waals surface area contributed by atoms with E-state index in [0.717, 1.165) is 25.0 Å². The maximum absolute atomic E-state index is 13.9. The van der Waals surface area contributed by atoms with Gasteiger partial charge >= 0.3 is 6.18 Å². The predicted octanol–water partition coefficient (Wildman–Crippen LogP) is 2.70. The number of carbonyl (C=O) groups is 1. The molecule has 11 heteroatoms. The molecule has 2 unspecified atom stereocenters. The number of hydrogen-bond acceptors (Lipinski definition) is 4. The molecule has 1 amide bonds. The van der Waals surface area contributed by atoms with E-state index in [1.54, 1.807) is 0 Å². The molecule has 1 heterocycles. The fraction of sp³-hybridized carbons (Fsp3) is 0.438. The minimum atomic E-state index is -4.94. The van der Waals surface area contributed by atoms with Crippen LogP contribution in [0.4, 0.5) is 17.6 Å². The highest BCUT2D eigenvalue weighted by Gasteiger charge is 2.43. The summed E-state index contributed by atoms with van der Waals surface area (Å²) in [6.45, 7) is 0.332. The second-order valence-corrected chi connectivity index (χ2v) is 6.15. The minimum Gasteiger partial charge on any atom is -0.348 e. The van der Waals surface area contributed by atoms with E-state index in [-0.39, 0.29) is 24.4 Å². The van der Waals surface area contributed by atoms with Crippen molar-refractivity contribution in [2.24, 2.45) is 11.7 Å². The number of carbonyl (C=O) groups excluding carboxylic acids is 1. The van der Waals surface area contributed by atoms with E-state index < -0.39 is 35.0 Å². The van der Waals surface area contributed by atoms with Crippen LogP contribution in [-0.2, 0) is 6.18 Å². The molecule has 27 heavy (non-hydrogen) atoms. The maximum atomic E-state index is 13.9. The first kappa shape index (κ1) is 21.1. The summed E-state index contributed by atoms with van der Waals surface area (Å²) < 4.78 is 54.9. The Morgan fingerprint density at radius 2 is 2.00 bits per heavy atom. The van der Waals surface area contributed by atoms with Gasteiger partial charge in [0, 0.05) is 6.04 Å². The van der Waals surface area contributed by atoms with Crippen LogP contribution in [0, 0.1) is 11.7 Å². The number of nitrogens with one attached hydrogen (secondary N) is 1. The number of amides is 1. The Morgan fingerprint density at radius 1 is 1.30 bits per heavy atom. The minimum absolute atomic E-state index is 0. The lowest BCUT2D eigenvalue weighted by Gasteiger charge is -2.19. The van der Waals surface area contributed by atoms with Crippen molar-refractivity contribution in [1.82, 2.24) is 20.3 Å². The number of hydrogen-bond donors (Lipinski definition) is 2. The number of halogens is 5. The average Bonchev–Trinajstić information content (AvgIpc) is 3.21. The number of nitrogens with zero attached hydrogens (tertiary/aromatic N) is 3. The van der Waals surface area contributed by atoms with Gasteiger partial charge in [0.25, 0.3) is 5.91 Å². The summed E-state index contributed by atoms with van der Waals surface area (Å²) in [4.78, 5) is 12.4. The Morgan fingerprint density at radius 3 is 2.63 bits per heavy atom. The summed E-state index contributed by atoms with van der Waals surface area (Å²) >= 11 is 0. The van der Waals surface area contributed by atoms with E-state index >= 15 is 0 Å². The van der Waals surface area contributed by atoms with Crippen LogP contribution in [-0.4, -0.2) is 33.5 Å². The van der Waals surface area contributed by atoms with Gasteiger partial charge in [-0.15, -0.1) is 17.5 Å². The van der Waals surface area contributed by atoms with Crippen LogP contribution < -0.4 is 11.1 Å². The van der Waals surface area contributed by atoms with Gasteiger partial charge in [-0.1, -0.05) is 23.8 Å². The van der Waals surface area contributed by atoms with Gasteiger partial charge in [-0.3, -0.25) is 4.79 Å². The SMILES string of the molecule is Cl.NCC1CCCC1NC(=O)c1nnn(-c2ccccc2F)c1C(F)(F)F. The van der Waals surface area contributed by atoms with Crippen molar-refractivity contribution in [3.63, 3.8) is 0 Å². The molecule has 1 aromatic carbocycles. The van der Waals surface area contributed by atoms with Gasteiger partial charge in [-0.2, -0.15) is 13.2 Å². The molecule has 2 atom stereocenters. The third kappa shape index (κ3) is 4.22. The van der Waals surface area contributed by atoms with Crippen molar-refractivity contribution in [3.8, 4) is 5.69 Å². The molecule has 0 radical (unpaired) electrons. The van der Waals surface area contributed by atoms with Crippen LogP contribution in [0.1, 0.15) is 35.4 Å². The fourth-order valence-electron chi connectivity index (χ4n) is 3.23. The predicted molar refractivity (Wildman–Crippen MR) is 91.2 cm³/mol. The second kappa shape index (κ2) is 8.22. The van der Waals surface area contributed by atoms with Crippen LogP contribution in [0.25, 0.3) is 5.69 Å². The lowest BCUT2D eigenvalue weighted by Crippen LogP contribution is -2.40. The zero-order chi connectivity index (χ0) is 18.9. The summed E-state index contributed by atoms with van der Waals surface area (Å²) in [6, 6.07) is 4.52. The van der Waals surface area contributed by atoms with Crippen molar-refractivity contribution < 1.29 is 22.4 Å². The molecule has 0 saturated heterocycles. The van der Waals surface area contributed by atoms with Crippen molar-refractivity contribution in [3.05, 3.63) is 41.5 Å². The fourth-order valence-corrected chi connectivity index (χ4v) is 3.23. The summed E-state index contributed by atoms with van der Waals surface area (Å²) in [5.41, 5.74) is 2.89. The quantitative estimate of drug-likeness (QED) is 0.763. The molecule has 1 aliphatic carbocycles.